The lowest BCUT2D eigenvalue weighted by Gasteiger charge is -2.13. The van der Waals surface area contributed by atoms with E-state index in [-0.39, 0.29) is 0 Å². The molecule has 168 valence electrons. The van der Waals surface area contributed by atoms with Gasteiger partial charge in [0.2, 0.25) is 0 Å². The van der Waals surface area contributed by atoms with Gasteiger partial charge in [-0.1, -0.05) is 132 Å². The molecule has 0 spiro atoms. The number of unbranched alkanes of at least 4 members (excludes halogenated alkanes) is 11. The summed E-state index contributed by atoms with van der Waals surface area (Å²) in [7, 11) is 0. The number of fused-ring (bicyclic) bond motifs is 4. The van der Waals surface area contributed by atoms with Crippen LogP contribution in [-0.4, -0.2) is 4.98 Å². The van der Waals surface area contributed by atoms with Gasteiger partial charge in [0, 0.05) is 16.2 Å². The monoisotopic (exact) mass is 425 g/mol. The summed E-state index contributed by atoms with van der Waals surface area (Å²) in [5, 5.41) is 5.22. The van der Waals surface area contributed by atoms with Gasteiger partial charge in [0.25, 0.3) is 0 Å². The van der Waals surface area contributed by atoms with E-state index in [0.717, 1.165) is 17.5 Å². The first-order chi connectivity index (χ1) is 15.9. The summed E-state index contributed by atoms with van der Waals surface area (Å²) in [4.78, 5) is 5.08. The van der Waals surface area contributed by atoms with Crippen molar-refractivity contribution in [1.82, 2.24) is 4.98 Å². The average Bonchev–Trinajstić information content (AvgIpc) is 2.84. The maximum absolute atomic E-state index is 5.08. The Morgan fingerprint density at radius 2 is 1.12 bits per heavy atom. The molecule has 0 aliphatic carbocycles. The highest BCUT2D eigenvalue weighted by atomic mass is 14.7. The topological polar surface area (TPSA) is 12.9 Å². The van der Waals surface area contributed by atoms with Gasteiger partial charge in [-0.3, -0.25) is 0 Å². The van der Waals surface area contributed by atoms with E-state index in [2.05, 4.69) is 67.6 Å². The van der Waals surface area contributed by atoms with E-state index in [9.17, 15) is 0 Å². The van der Waals surface area contributed by atoms with Crippen molar-refractivity contribution >= 4 is 32.6 Å². The molecule has 4 rings (SSSR count). The Kier molecular flexibility index (Phi) is 8.54. The van der Waals surface area contributed by atoms with E-state index in [0.29, 0.717) is 0 Å². The molecule has 1 heterocycles. The summed E-state index contributed by atoms with van der Waals surface area (Å²) >= 11 is 0. The maximum Gasteiger partial charge on any atom is 0.0790 e. The van der Waals surface area contributed by atoms with E-state index >= 15 is 0 Å². The molecule has 0 fully saturated rings. The summed E-state index contributed by atoms with van der Waals surface area (Å²) in [6.07, 6.45) is 17.9. The zero-order valence-electron chi connectivity index (χ0n) is 19.9. The van der Waals surface area contributed by atoms with Crippen molar-refractivity contribution in [1.29, 1.82) is 0 Å². The minimum atomic E-state index is 1.13. The molecule has 32 heavy (non-hydrogen) atoms. The Morgan fingerprint density at radius 3 is 1.84 bits per heavy atom. The number of aromatic nitrogens is 1. The molecule has 0 amide bonds. The fourth-order valence-corrected chi connectivity index (χ4v) is 5.12. The van der Waals surface area contributed by atoms with Crippen LogP contribution in [0.1, 0.15) is 89.5 Å². The molecule has 0 saturated heterocycles. The Hall–Kier alpha value is -2.41. The van der Waals surface area contributed by atoms with Crippen molar-refractivity contribution in [2.24, 2.45) is 0 Å². The van der Waals surface area contributed by atoms with Gasteiger partial charge in [0.05, 0.1) is 11.0 Å². The van der Waals surface area contributed by atoms with Crippen molar-refractivity contribution in [2.45, 2.75) is 90.4 Å². The third kappa shape index (κ3) is 5.68. The summed E-state index contributed by atoms with van der Waals surface area (Å²) < 4.78 is 0. The smallest absolute Gasteiger partial charge is 0.0790 e. The predicted octanol–water partition coefficient (Wildman–Crippen LogP) is 9.78. The maximum atomic E-state index is 5.08. The van der Waals surface area contributed by atoms with Gasteiger partial charge in [-0.05, 0) is 29.9 Å². The van der Waals surface area contributed by atoms with Crippen LogP contribution >= 0.6 is 0 Å². The van der Waals surface area contributed by atoms with Gasteiger partial charge >= 0.3 is 0 Å². The van der Waals surface area contributed by atoms with Crippen LogP contribution in [0.15, 0.2) is 60.7 Å². The molecule has 3 aromatic carbocycles. The van der Waals surface area contributed by atoms with Crippen LogP contribution in [0, 0.1) is 0 Å². The minimum Gasteiger partial charge on any atom is -0.247 e. The lowest BCUT2D eigenvalue weighted by atomic mass is 9.95. The van der Waals surface area contributed by atoms with Gasteiger partial charge in [-0.25, -0.2) is 4.98 Å². The van der Waals surface area contributed by atoms with Crippen molar-refractivity contribution < 1.29 is 0 Å². The molecule has 0 N–H and O–H groups in total. The molecule has 0 bridgehead atoms. The summed E-state index contributed by atoms with van der Waals surface area (Å²) in [6.45, 7) is 2.29. The zero-order chi connectivity index (χ0) is 22.0. The standard InChI is InChI=1S/C31H39N/c1-2-3-4-5-6-7-8-9-10-11-12-13-20-27-28-21-16-17-22-30(28)32-31-26-19-15-14-18-25(26)23-24-29(27)31/h14-19,21-24H,2-13,20H2,1H3. The normalized spacial score (nSPS) is 11.7. The second-order valence-electron chi connectivity index (χ2n) is 9.43. The van der Waals surface area contributed by atoms with Crippen molar-refractivity contribution in [2.75, 3.05) is 0 Å². The van der Waals surface area contributed by atoms with Crippen LogP contribution in [0.3, 0.4) is 0 Å². The number of rotatable bonds is 13. The van der Waals surface area contributed by atoms with Gasteiger partial charge < -0.3 is 0 Å². The van der Waals surface area contributed by atoms with Crippen molar-refractivity contribution in [3.8, 4) is 0 Å². The fourth-order valence-electron chi connectivity index (χ4n) is 5.12. The number of hydrogen-bond acceptors (Lipinski definition) is 1. The summed E-state index contributed by atoms with van der Waals surface area (Å²) in [5.41, 5.74) is 3.78. The second kappa shape index (κ2) is 12.0. The highest BCUT2D eigenvalue weighted by Crippen LogP contribution is 2.32. The van der Waals surface area contributed by atoms with Crippen LogP contribution in [-0.2, 0) is 6.42 Å². The van der Waals surface area contributed by atoms with E-state index in [4.69, 9.17) is 4.98 Å². The first-order valence-corrected chi connectivity index (χ1v) is 13.1. The third-order valence-corrected chi connectivity index (χ3v) is 6.97. The molecule has 1 aromatic heterocycles. The van der Waals surface area contributed by atoms with Crippen LogP contribution in [0.25, 0.3) is 32.6 Å². The molecule has 4 aromatic rings. The molecule has 1 nitrogen and oxygen atoms in total. The van der Waals surface area contributed by atoms with Crippen LogP contribution in [0.4, 0.5) is 0 Å². The largest absolute Gasteiger partial charge is 0.247 e. The predicted molar refractivity (Wildman–Crippen MR) is 142 cm³/mol. The number of para-hydroxylation sites is 1. The Labute approximate surface area is 194 Å². The fraction of sp³-hybridized carbons (Fsp3) is 0.452. The molecule has 0 aliphatic heterocycles. The molecule has 0 radical (unpaired) electrons. The first-order valence-electron chi connectivity index (χ1n) is 13.1. The highest BCUT2D eigenvalue weighted by molar-refractivity contribution is 6.10. The van der Waals surface area contributed by atoms with Gasteiger partial charge in [0.15, 0.2) is 0 Å². The average molecular weight is 426 g/mol. The molecular formula is C31H39N. The first kappa shape index (κ1) is 22.8. The van der Waals surface area contributed by atoms with Gasteiger partial charge in [-0.15, -0.1) is 0 Å². The quantitative estimate of drug-likeness (QED) is 0.118. The number of nitrogens with zero attached hydrogens (tertiary/aromatic N) is 1. The number of aryl methyl sites for hydroxylation is 1. The third-order valence-electron chi connectivity index (χ3n) is 6.97. The second-order valence-corrected chi connectivity index (χ2v) is 9.43. The van der Waals surface area contributed by atoms with Crippen LogP contribution < -0.4 is 0 Å². The Balaban J connectivity index is 1.34. The number of benzene rings is 3. The van der Waals surface area contributed by atoms with E-state index in [1.54, 1.807) is 0 Å². The number of pyridine rings is 1. The molecule has 0 unspecified atom stereocenters. The number of hydrogen-bond donors (Lipinski definition) is 0. The van der Waals surface area contributed by atoms with Crippen LogP contribution in [0.5, 0.6) is 0 Å². The van der Waals surface area contributed by atoms with Crippen molar-refractivity contribution in [3.63, 3.8) is 0 Å². The van der Waals surface area contributed by atoms with Crippen LogP contribution in [0.2, 0.25) is 0 Å². The zero-order valence-corrected chi connectivity index (χ0v) is 19.9. The summed E-state index contributed by atoms with van der Waals surface area (Å²) in [5.74, 6) is 0. The van der Waals surface area contributed by atoms with Gasteiger partial charge in [-0.2, -0.15) is 0 Å². The summed E-state index contributed by atoms with van der Waals surface area (Å²) in [6, 6.07) is 21.9. The minimum absolute atomic E-state index is 1.13. The molecular weight excluding hydrogens is 386 g/mol. The van der Waals surface area contributed by atoms with E-state index in [1.165, 1.54) is 104 Å². The Morgan fingerprint density at radius 1 is 0.531 bits per heavy atom. The lowest BCUT2D eigenvalue weighted by Crippen LogP contribution is -1.94. The SMILES string of the molecule is CCCCCCCCCCCCCCc1c2ccccc2nc2c1ccc1ccccc12. The molecule has 1 heteroatoms. The highest BCUT2D eigenvalue weighted by Gasteiger charge is 2.11. The van der Waals surface area contributed by atoms with E-state index in [1.807, 2.05) is 0 Å². The lowest BCUT2D eigenvalue weighted by molar-refractivity contribution is 0.544. The van der Waals surface area contributed by atoms with Gasteiger partial charge in [0.1, 0.15) is 0 Å². The molecule has 0 atom stereocenters. The Bertz CT molecular complexity index is 1130. The van der Waals surface area contributed by atoms with E-state index < -0.39 is 0 Å². The molecule has 0 aliphatic rings. The molecule has 0 saturated carbocycles. The van der Waals surface area contributed by atoms with Crippen molar-refractivity contribution in [3.05, 3.63) is 66.2 Å².